The predicted molar refractivity (Wildman–Crippen MR) is 87.8 cm³/mol. The van der Waals surface area contributed by atoms with E-state index in [-0.39, 0.29) is 0 Å². The molecule has 4 heteroatoms. The number of rotatable bonds is 9. The van der Waals surface area contributed by atoms with Crippen molar-refractivity contribution in [2.24, 2.45) is 5.92 Å². The maximum absolute atomic E-state index is 6.43. The molecule has 0 amide bonds. The zero-order valence-corrected chi connectivity index (χ0v) is 13.8. The first-order chi connectivity index (χ1) is 9.58. The lowest BCUT2D eigenvalue weighted by molar-refractivity contribution is 0.199. The first-order valence-corrected chi connectivity index (χ1v) is 7.69. The Morgan fingerprint density at radius 3 is 2.65 bits per heavy atom. The number of benzene rings is 1. The molecule has 0 saturated heterocycles. The van der Waals surface area contributed by atoms with Gasteiger partial charge in [0.25, 0.3) is 0 Å². The van der Waals surface area contributed by atoms with Crippen LogP contribution in [-0.4, -0.2) is 33.4 Å². The van der Waals surface area contributed by atoms with Crippen molar-refractivity contribution >= 4 is 17.3 Å². The van der Waals surface area contributed by atoms with Crippen molar-refractivity contribution in [1.29, 1.82) is 0 Å². The molecule has 0 fully saturated rings. The number of ether oxygens (including phenoxy) is 1. The Morgan fingerprint density at radius 2 is 2.10 bits per heavy atom. The van der Waals surface area contributed by atoms with Crippen molar-refractivity contribution in [3.8, 4) is 0 Å². The van der Waals surface area contributed by atoms with Crippen LogP contribution in [0.15, 0.2) is 18.2 Å². The molecule has 3 nitrogen and oxygen atoms in total. The summed E-state index contributed by atoms with van der Waals surface area (Å²) in [4.78, 5) is 2.33. The first-order valence-electron chi connectivity index (χ1n) is 7.31. The van der Waals surface area contributed by atoms with Crippen LogP contribution in [0.5, 0.6) is 0 Å². The molecule has 1 N–H and O–H groups in total. The van der Waals surface area contributed by atoms with Gasteiger partial charge in [0, 0.05) is 33.3 Å². The van der Waals surface area contributed by atoms with Crippen LogP contribution in [0.25, 0.3) is 0 Å². The summed E-state index contributed by atoms with van der Waals surface area (Å²) < 4.78 is 5.01. The van der Waals surface area contributed by atoms with E-state index in [4.69, 9.17) is 16.3 Å². The van der Waals surface area contributed by atoms with Gasteiger partial charge in [0.15, 0.2) is 0 Å². The largest absolute Gasteiger partial charge is 0.383 e. The fraction of sp³-hybridized carbons (Fsp3) is 0.625. The summed E-state index contributed by atoms with van der Waals surface area (Å²) in [5, 5.41) is 4.16. The summed E-state index contributed by atoms with van der Waals surface area (Å²) in [5.74, 6) is 0.626. The molecule has 0 atom stereocenters. The van der Waals surface area contributed by atoms with Crippen LogP contribution in [0.1, 0.15) is 26.3 Å². The number of anilines is 1. The van der Waals surface area contributed by atoms with E-state index >= 15 is 0 Å². The molecule has 0 aromatic heterocycles. The van der Waals surface area contributed by atoms with Gasteiger partial charge in [-0.2, -0.15) is 0 Å². The summed E-state index contributed by atoms with van der Waals surface area (Å²) in [6, 6.07) is 6.32. The van der Waals surface area contributed by atoms with E-state index in [1.807, 2.05) is 0 Å². The molecule has 0 radical (unpaired) electrons. The van der Waals surface area contributed by atoms with Crippen molar-refractivity contribution < 1.29 is 4.74 Å². The maximum Gasteiger partial charge on any atom is 0.0642 e. The second kappa shape index (κ2) is 9.22. The molecule has 0 heterocycles. The van der Waals surface area contributed by atoms with Crippen LogP contribution in [0.2, 0.25) is 5.02 Å². The van der Waals surface area contributed by atoms with Crippen LogP contribution >= 0.6 is 11.6 Å². The molecule has 1 aromatic carbocycles. The number of nitrogens with zero attached hydrogens (tertiary/aromatic N) is 1. The lowest BCUT2D eigenvalue weighted by Gasteiger charge is -2.26. The van der Waals surface area contributed by atoms with Gasteiger partial charge in [-0.1, -0.05) is 31.5 Å². The van der Waals surface area contributed by atoms with Gasteiger partial charge in [0.05, 0.1) is 17.3 Å². The molecule has 0 bridgehead atoms. The molecule has 0 aliphatic rings. The summed E-state index contributed by atoms with van der Waals surface area (Å²) in [6.07, 6.45) is 0. The molecule has 0 spiro atoms. The Labute approximate surface area is 128 Å². The van der Waals surface area contributed by atoms with Gasteiger partial charge in [-0.15, -0.1) is 0 Å². The van der Waals surface area contributed by atoms with Gasteiger partial charge in [-0.05, 0) is 30.5 Å². The monoisotopic (exact) mass is 298 g/mol. The minimum atomic E-state index is 0.626. The molecule has 0 aliphatic carbocycles. The van der Waals surface area contributed by atoms with Crippen molar-refractivity contribution in [3.05, 3.63) is 28.8 Å². The third-order valence-electron chi connectivity index (χ3n) is 3.13. The fourth-order valence-electron chi connectivity index (χ4n) is 2.16. The lowest BCUT2D eigenvalue weighted by Crippen LogP contribution is -2.27. The van der Waals surface area contributed by atoms with Crippen molar-refractivity contribution in [1.82, 2.24) is 5.32 Å². The lowest BCUT2D eigenvalue weighted by atomic mass is 10.1. The molecule has 0 aliphatic heterocycles. The molecule has 1 rings (SSSR count). The fourth-order valence-corrected chi connectivity index (χ4v) is 2.49. The van der Waals surface area contributed by atoms with E-state index in [1.165, 1.54) is 5.56 Å². The summed E-state index contributed by atoms with van der Waals surface area (Å²) in [5.41, 5.74) is 2.33. The third-order valence-corrected chi connectivity index (χ3v) is 3.43. The van der Waals surface area contributed by atoms with E-state index in [9.17, 15) is 0 Å². The standard InChI is InChI=1S/C16H27ClN2O/c1-5-19(12-13(2)3)16-7-6-14(10-15(16)17)11-18-8-9-20-4/h6-7,10,13,18H,5,8-9,11-12H2,1-4H3. The minimum Gasteiger partial charge on any atom is -0.383 e. The van der Waals surface area contributed by atoms with Gasteiger partial charge in [-0.25, -0.2) is 0 Å². The van der Waals surface area contributed by atoms with Gasteiger partial charge in [0.2, 0.25) is 0 Å². The van der Waals surface area contributed by atoms with E-state index < -0.39 is 0 Å². The average Bonchev–Trinajstić information content (AvgIpc) is 2.41. The highest BCUT2D eigenvalue weighted by atomic mass is 35.5. The Balaban J connectivity index is 2.66. The van der Waals surface area contributed by atoms with E-state index in [1.54, 1.807) is 7.11 Å². The molecule has 114 valence electrons. The van der Waals surface area contributed by atoms with Gasteiger partial charge in [0.1, 0.15) is 0 Å². The quantitative estimate of drug-likeness (QED) is 0.706. The third kappa shape index (κ3) is 5.70. The number of hydrogen-bond donors (Lipinski definition) is 1. The van der Waals surface area contributed by atoms with Crippen molar-refractivity contribution in [3.63, 3.8) is 0 Å². The highest BCUT2D eigenvalue weighted by Gasteiger charge is 2.10. The van der Waals surface area contributed by atoms with Crippen LogP contribution in [-0.2, 0) is 11.3 Å². The predicted octanol–water partition coefficient (Wildman–Crippen LogP) is 3.56. The van der Waals surface area contributed by atoms with E-state index in [2.05, 4.69) is 49.2 Å². The summed E-state index contributed by atoms with van der Waals surface area (Å²) in [6.45, 7) is 11.0. The number of halogens is 1. The SMILES string of the molecule is CCN(CC(C)C)c1ccc(CNCCOC)cc1Cl. The minimum absolute atomic E-state index is 0.626. The Bertz CT molecular complexity index is 396. The number of methoxy groups -OCH3 is 1. The van der Waals surface area contributed by atoms with Crippen LogP contribution in [0.4, 0.5) is 5.69 Å². The van der Waals surface area contributed by atoms with Crippen LogP contribution in [0.3, 0.4) is 0 Å². The van der Waals surface area contributed by atoms with E-state index in [0.717, 1.165) is 43.5 Å². The molecule has 0 saturated carbocycles. The highest BCUT2D eigenvalue weighted by molar-refractivity contribution is 6.33. The van der Waals surface area contributed by atoms with Gasteiger partial charge in [-0.3, -0.25) is 0 Å². The number of hydrogen-bond acceptors (Lipinski definition) is 3. The second-order valence-corrected chi connectivity index (χ2v) is 5.80. The zero-order valence-electron chi connectivity index (χ0n) is 13.1. The van der Waals surface area contributed by atoms with Gasteiger partial charge >= 0.3 is 0 Å². The molecule has 0 unspecified atom stereocenters. The normalized spacial score (nSPS) is 11.1. The Hall–Kier alpha value is -0.770. The van der Waals surface area contributed by atoms with Crippen molar-refractivity contribution in [2.75, 3.05) is 38.3 Å². The van der Waals surface area contributed by atoms with Crippen LogP contribution < -0.4 is 10.2 Å². The summed E-state index contributed by atoms with van der Waals surface area (Å²) in [7, 11) is 1.71. The van der Waals surface area contributed by atoms with Gasteiger partial charge < -0.3 is 15.0 Å². The smallest absolute Gasteiger partial charge is 0.0642 e. The highest BCUT2D eigenvalue weighted by Crippen LogP contribution is 2.27. The van der Waals surface area contributed by atoms with E-state index in [0.29, 0.717) is 5.92 Å². The zero-order chi connectivity index (χ0) is 15.0. The second-order valence-electron chi connectivity index (χ2n) is 5.39. The van der Waals surface area contributed by atoms with Crippen molar-refractivity contribution in [2.45, 2.75) is 27.3 Å². The average molecular weight is 299 g/mol. The number of nitrogens with one attached hydrogen (secondary N) is 1. The Morgan fingerprint density at radius 1 is 1.35 bits per heavy atom. The molecular formula is C16H27ClN2O. The molecule has 1 aromatic rings. The topological polar surface area (TPSA) is 24.5 Å². The van der Waals surface area contributed by atoms with Crippen LogP contribution in [0, 0.1) is 5.92 Å². The first kappa shape index (κ1) is 17.3. The summed E-state index contributed by atoms with van der Waals surface area (Å²) >= 11 is 6.43. The Kier molecular flexibility index (Phi) is 7.97. The molecule has 20 heavy (non-hydrogen) atoms. The molecular weight excluding hydrogens is 272 g/mol. The maximum atomic E-state index is 6.43.